The van der Waals surface area contributed by atoms with Gasteiger partial charge in [0.1, 0.15) is 11.7 Å². The number of halogens is 1. The van der Waals surface area contributed by atoms with Crippen molar-refractivity contribution in [3.8, 4) is 0 Å². The predicted molar refractivity (Wildman–Crippen MR) is 85.6 cm³/mol. The number of amides is 3. The Morgan fingerprint density at radius 3 is 2.88 bits per heavy atom. The number of carbonyl (C=O) groups excluding carboxylic acids is 2. The van der Waals surface area contributed by atoms with E-state index in [0.29, 0.717) is 21.8 Å². The van der Waals surface area contributed by atoms with Crippen LogP contribution in [0.5, 0.6) is 0 Å². The normalized spacial score (nSPS) is 19.2. The number of methoxy groups -OCH3 is 1. The zero-order chi connectivity index (χ0) is 17.3. The first-order valence-corrected chi connectivity index (χ1v) is 7.90. The minimum absolute atomic E-state index is 0.206. The van der Waals surface area contributed by atoms with E-state index in [1.54, 1.807) is 20.1 Å². The molecule has 0 saturated heterocycles. The molecule has 1 unspecified atom stereocenters. The van der Waals surface area contributed by atoms with Crippen LogP contribution in [0, 0.1) is 0 Å². The molecule has 0 bridgehead atoms. The molecule has 0 fully saturated rings. The van der Waals surface area contributed by atoms with Gasteiger partial charge in [0.05, 0.1) is 25.5 Å². The Bertz CT molecular complexity index is 847. The number of pyridine rings is 1. The van der Waals surface area contributed by atoms with Crippen molar-refractivity contribution in [3.63, 3.8) is 0 Å². The molecule has 24 heavy (non-hydrogen) atoms. The summed E-state index contributed by atoms with van der Waals surface area (Å²) < 4.78 is 19.6. The van der Waals surface area contributed by atoms with Crippen LogP contribution in [0.1, 0.15) is 35.5 Å². The van der Waals surface area contributed by atoms with E-state index in [1.165, 1.54) is 10.8 Å². The van der Waals surface area contributed by atoms with Crippen molar-refractivity contribution in [2.45, 2.75) is 19.4 Å². The lowest BCUT2D eigenvalue weighted by atomic mass is 10.0. The van der Waals surface area contributed by atoms with E-state index in [-0.39, 0.29) is 31.5 Å². The van der Waals surface area contributed by atoms with Crippen LogP contribution in [-0.4, -0.2) is 48.7 Å². The van der Waals surface area contributed by atoms with Crippen molar-refractivity contribution in [1.82, 2.24) is 14.5 Å². The van der Waals surface area contributed by atoms with Gasteiger partial charge in [-0.15, -0.1) is 0 Å². The van der Waals surface area contributed by atoms with E-state index >= 15 is 0 Å². The van der Waals surface area contributed by atoms with Gasteiger partial charge < -0.3 is 4.74 Å². The zero-order valence-electron chi connectivity index (χ0n) is 13.7. The second-order valence-corrected chi connectivity index (χ2v) is 5.55. The Hall–Kier alpha value is -2.41. The summed E-state index contributed by atoms with van der Waals surface area (Å²) in [6.45, 7) is 1.66. The summed E-state index contributed by atoms with van der Waals surface area (Å²) in [6.07, 6.45) is 6.81. The zero-order valence-corrected chi connectivity index (χ0v) is 13.7. The quantitative estimate of drug-likeness (QED) is 0.740. The van der Waals surface area contributed by atoms with E-state index in [2.05, 4.69) is 4.98 Å². The fourth-order valence-corrected chi connectivity index (χ4v) is 3.08. The summed E-state index contributed by atoms with van der Waals surface area (Å²) >= 11 is 0. The van der Waals surface area contributed by atoms with Gasteiger partial charge in [-0.2, -0.15) is 14.3 Å². The molecule has 6 nitrogen and oxygen atoms in total. The van der Waals surface area contributed by atoms with Crippen LogP contribution in [-0.2, 0) is 4.74 Å². The number of hydrogen-bond acceptors (Lipinski definition) is 4. The van der Waals surface area contributed by atoms with Crippen LogP contribution in [0.4, 0.5) is 9.18 Å². The van der Waals surface area contributed by atoms with Gasteiger partial charge in [0.25, 0.3) is 0 Å². The number of hydrogen-bond donors (Lipinski definition) is 0. The number of alkyl halides is 1. The molecule has 1 aromatic heterocycles. The third-order valence-electron chi connectivity index (χ3n) is 4.23. The molecule has 1 aliphatic carbocycles. The van der Waals surface area contributed by atoms with Gasteiger partial charge in [-0.05, 0) is 19.1 Å². The summed E-state index contributed by atoms with van der Waals surface area (Å²) in [5, 5.41) is 1.18. The lowest BCUT2D eigenvalue weighted by Crippen LogP contribution is -2.60. The molecule has 1 aliphatic heterocycles. The summed E-state index contributed by atoms with van der Waals surface area (Å²) in [5.41, 5.74) is 1.00. The molecular weight excluding hydrogens is 313 g/mol. The van der Waals surface area contributed by atoms with E-state index < -0.39 is 12.7 Å². The highest BCUT2D eigenvalue weighted by Crippen LogP contribution is 2.15. The Balaban J connectivity index is 2.36. The number of nitrogens with zero attached hydrogens (tertiary/aromatic N) is 3. The number of rotatable bonds is 5. The van der Waals surface area contributed by atoms with Crippen molar-refractivity contribution in [1.29, 1.82) is 0 Å². The monoisotopic (exact) mass is 332 g/mol. The minimum atomic E-state index is -0.531. The number of imide groups is 1. The molecule has 3 amide bonds. The molecule has 0 N–H and O–H groups in total. The summed E-state index contributed by atoms with van der Waals surface area (Å²) in [6, 6.07) is -0.422. The number of aromatic nitrogens is 1. The average molecular weight is 332 g/mol. The van der Waals surface area contributed by atoms with Gasteiger partial charge in [0.2, 0.25) is 0 Å². The van der Waals surface area contributed by atoms with Gasteiger partial charge >= 0.3 is 11.9 Å². The van der Waals surface area contributed by atoms with Crippen LogP contribution >= 0.6 is 0 Å². The van der Waals surface area contributed by atoms with E-state index in [0.717, 1.165) is 4.90 Å². The fraction of sp³-hybridized carbons (Fsp3) is 0.412. The molecule has 7 heteroatoms. The molecule has 2 aliphatic rings. The molecular formula is C17H19FN3O3+. The molecule has 3 rings (SSSR count). The van der Waals surface area contributed by atoms with Gasteiger partial charge in [0, 0.05) is 24.9 Å². The first-order valence-electron chi connectivity index (χ1n) is 7.90. The van der Waals surface area contributed by atoms with Crippen molar-refractivity contribution < 1.29 is 18.7 Å². The molecule has 0 saturated carbocycles. The smallest absolute Gasteiger partial charge is 0.371 e. The van der Waals surface area contributed by atoms with Crippen molar-refractivity contribution in [2.24, 2.45) is 0 Å². The Morgan fingerprint density at radius 2 is 2.21 bits per heavy atom. The maximum Gasteiger partial charge on any atom is 0.501 e. The van der Waals surface area contributed by atoms with Gasteiger partial charge in [0.15, 0.2) is 5.36 Å². The molecule has 0 radical (unpaired) electrons. The van der Waals surface area contributed by atoms with Crippen LogP contribution in [0.2, 0.25) is 0 Å². The molecule has 1 atom stereocenters. The van der Waals surface area contributed by atoms with Crippen molar-refractivity contribution in [3.05, 3.63) is 40.2 Å². The number of urea groups is 1. The third kappa shape index (κ3) is 2.45. The van der Waals surface area contributed by atoms with E-state index in [4.69, 9.17) is 4.74 Å². The van der Waals surface area contributed by atoms with Gasteiger partial charge in [-0.3, -0.25) is 9.37 Å². The van der Waals surface area contributed by atoms with Gasteiger partial charge in [-0.1, -0.05) is 6.08 Å². The maximum atomic E-state index is 12.7. The first kappa shape index (κ1) is 16.4. The largest absolute Gasteiger partial charge is 0.501 e. The highest BCUT2D eigenvalue weighted by Gasteiger charge is 2.40. The van der Waals surface area contributed by atoms with Crippen molar-refractivity contribution in [2.75, 3.05) is 26.9 Å². The second-order valence-electron chi connectivity index (χ2n) is 5.55. The molecule has 0 aromatic carbocycles. The molecule has 1 aromatic rings. The molecule has 126 valence electrons. The maximum absolute atomic E-state index is 12.7. The first-order chi connectivity index (χ1) is 11.6. The Kier molecular flexibility index (Phi) is 4.53. The average Bonchev–Trinajstić information content (AvgIpc) is 2.61. The van der Waals surface area contributed by atoms with E-state index in [9.17, 15) is 14.0 Å². The number of carbonyl (C=O) groups is 2. The summed E-state index contributed by atoms with van der Waals surface area (Å²) in [5.74, 6) is -0.374. The minimum Gasteiger partial charge on any atom is -0.371 e. The highest BCUT2D eigenvalue weighted by atomic mass is 19.1. The predicted octanol–water partition coefficient (Wildman–Crippen LogP) is 0.566. The highest BCUT2D eigenvalue weighted by molar-refractivity contribution is 6.06. The summed E-state index contributed by atoms with van der Waals surface area (Å²) in [4.78, 5) is 30.8. The van der Waals surface area contributed by atoms with Crippen LogP contribution < -0.4 is 15.2 Å². The SMILES string of the molecule is CCN1C(=O)c2cnc3c(c2=[N+](CCCF)C1=O)=CC=CC3OC. The lowest BCUT2D eigenvalue weighted by Gasteiger charge is -2.21. The van der Waals surface area contributed by atoms with Crippen LogP contribution in [0.15, 0.2) is 18.3 Å². The molecule has 2 heterocycles. The van der Waals surface area contributed by atoms with Crippen LogP contribution in [0.25, 0.3) is 6.08 Å². The third-order valence-corrected chi connectivity index (χ3v) is 4.23. The van der Waals surface area contributed by atoms with E-state index in [1.807, 2.05) is 12.2 Å². The Morgan fingerprint density at radius 1 is 1.42 bits per heavy atom. The summed E-state index contributed by atoms with van der Waals surface area (Å²) in [7, 11) is 1.57. The number of ether oxygens (including phenoxy) is 1. The van der Waals surface area contributed by atoms with Crippen LogP contribution in [0.3, 0.4) is 0 Å². The lowest BCUT2D eigenvalue weighted by molar-refractivity contribution is 0.0783. The molecule has 0 spiro atoms. The number of allylic oxidation sites excluding steroid dienone is 1. The second kappa shape index (κ2) is 6.60. The fourth-order valence-electron chi connectivity index (χ4n) is 3.08. The standard InChI is InChI=1S/C17H19FN3O3/c1-3-20-16(22)12-10-19-14-11(6-4-7-13(14)24-2)15(12)21(17(20)23)9-5-8-18/h4,6-7,10,13H,3,5,8-9H2,1-2H3/q+1. The topological polar surface area (TPSA) is 62.5 Å². The van der Waals surface area contributed by atoms with Gasteiger partial charge in [-0.25, -0.2) is 4.79 Å². The Labute approximate surface area is 138 Å². The van der Waals surface area contributed by atoms with Crippen molar-refractivity contribution >= 4 is 18.0 Å². The number of fused-ring (bicyclic) bond motifs is 3.